The fourth-order valence-corrected chi connectivity index (χ4v) is 8.49. The number of hydrogen-bond acceptors (Lipinski definition) is 4. The summed E-state index contributed by atoms with van der Waals surface area (Å²) in [5, 5.41) is 9.94. The van der Waals surface area contributed by atoms with E-state index >= 15 is 0 Å². The van der Waals surface area contributed by atoms with E-state index in [0.717, 1.165) is 82.3 Å². The number of fused-ring (bicyclic) bond motifs is 2. The lowest BCUT2D eigenvalue weighted by Crippen LogP contribution is -2.28. The molecule has 284 valence electrons. The molecule has 0 spiro atoms. The third-order valence-electron chi connectivity index (χ3n) is 11.2. The van der Waals surface area contributed by atoms with Crippen LogP contribution in [0.3, 0.4) is 0 Å². The maximum absolute atomic E-state index is 12.1. The van der Waals surface area contributed by atoms with Gasteiger partial charge < -0.3 is 14.7 Å². The highest BCUT2D eigenvalue weighted by atomic mass is 35.5. The number of ether oxygens (including phenoxy) is 1. The molecule has 0 unspecified atom stereocenters. The van der Waals surface area contributed by atoms with Gasteiger partial charge in [0.05, 0.1) is 12.0 Å². The van der Waals surface area contributed by atoms with Crippen LogP contribution in [0.4, 0.5) is 11.4 Å². The van der Waals surface area contributed by atoms with Crippen molar-refractivity contribution >= 4 is 40.6 Å². The maximum atomic E-state index is 12.1. The number of para-hydroxylation sites is 2. The summed E-state index contributed by atoms with van der Waals surface area (Å²) >= 11 is 7.25. The minimum absolute atomic E-state index is 0.0807. The minimum Gasteiger partial charge on any atom is -0.481 e. The first kappa shape index (κ1) is 40.3. The van der Waals surface area contributed by atoms with Gasteiger partial charge in [-0.1, -0.05) is 93.8 Å². The van der Waals surface area contributed by atoms with Gasteiger partial charge in [-0.2, -0.15) is 4.58 Å². The van der Waals surface area contributed by atoms with Gasteiger partial charge in [0.25, 0.3) is 0 Å². The van der Waals surface area contributed by atoms with Crippen LogP contribution in [0.15, 0.2) is 94.7 Å². The number of carboxylic acids is 1. The third kappa shape index (κ3) is 9.62. The van der Waals surface area contributed by atoms with Gasteiger partial charge in [0.1, 0.15) is 6.54 Å². The van der Waals surface area contributed by atoms with E-state index in [2.05, 4.69) is 117 Å². The van der Waals surface area contributed by atoms with Crippen molar-refractivity contribution in [3.05, 3.63) is 106 Å². The van der Waals surface area contributed by atoms with Gasteiger partial charge in [0.2, 0.25) is 5.69 Å². The van der Waals surface area contributed by atoms with Gasteiger partial charge in [0, 0.05) is 65.3 Å². The summed E-state index contributed by atoms with van der Waals surface area (Å²) < 4.78 is 7.78. The molecule has 0 saturated carbocycles. The van der Waals surface area contributed by atoms with Crippen molar-refractivity contribution in [1.29, 1.82) is 0 Å². The molecule has 0 radical (unpaired) electrons. The molecule has 1 N–H and O–H groups in total. The molecule has 6 nitrogen and oxygen atoms in total. The maximum Gasteiger partial charge on any atom is 0.305 e. The molecule has 0 saturated heterocycles. The molecule has 2 aromatic rings. The van der Waals surface area contributed by atoms with Crippen LogP contribution < -0.4 is 4.90 Å². The third-order valence-corrected chi connectivity index (χ3v) is 11.7. The normalized spacial score (nSPS) is 19.1. The Bertz CT molecular complexity index is 1790. The van der Waals surface area contributed by atoms with Gasteiger partial charge in [-0.05, 0) is 94.1 Å². The standard InChI is InChI=1S/C46H59ClN2O4/c1-6-7-33-53-43(52)26-11-9-17-32-49-39-24-15-13-22-37(39)46(4,5)41(49)30-28-35-20-18-19-34(44(35)47)27-29-40-45(2,3)36-21-12-14-23-38(36)48(40)31-16-8-10-25-42(50)51/h12-15,21-24,27-30H,6-11,16-20,25-26,31-33H2,1-5H3/p+1. The van der Waals surface area contributed by atoms with Crippen molar-refractivity contribution in [2.24, 2.45) is 0 Å². The van der Waals surface area contributed by atoms with E-state index in [1.165, 1.54) is 45.1 Å². The van der Waals surface area contributed by atoms with Crippen LogP contribution in [0.25, 0.3) is 0 Å². The van der Waals surface area contributed by atoms with Crippen LogP contribution in [-0.4, -0.2) is 47.0 Å². The Hall–Kier alpha value is -3.90. The average Bonchev–Trinajstić information content (AvgIpc) is 3.48. The molecule has 53 heavy (non-hydrogen) atoms. The van der Waals surface area contributed by atoms with Crippen LogP contribution in [0.1, 0.15) is 129 Å². The number of carbonyl (C=O) groups is 2. The number of nitrogens with zero attached hydrogens (tertiary/aromatic N) is 2. The summed E-state index contributed by atoms with van der Waals surface area (Å²) in [6, 6.07) is 17.4. The fourth-order valence-electron chi connectivity index (χ4n) is 8.17. The number of esters is 1. The Kier molecular flexibility index (Phi) is 14.0. The van der Waals surface area contributed by atoms with Crippen LogP contribution >= 0.6 is 11.6 Å². The van der Waals surface area contributed by atoms with Crippen molar-refractivity contribution in [3.63, 3.8) is 0 Å². The van der Waals surface area contributed by atoms with Crippen molar-refractivity contribution in [2.45, 2.75) is 129 Å². The lowest BCUT2D eigenvalue weighted by molar-refractivity contribution is -0.438. The van der Waals surface area contributed by atoms with Gasteiger partial charge in [-0.25, -0.2) is 0 Å². The summed E-state index contributed by atoms with van der Waals surface area (Å²) in [5.41, 5.74) is 9.70. The predicted molar refractivity (Wildman–Crippen MR) is 219 cm³/mol. The number of benzene rings is 2. The number of unbranched alkanes of at least 4 members (excludes halogenated alkanes) is 5. The summed E-state index contributed by atoms with van der Waals surface area (Å²) in [4.78, 5) is 25.6. The number of carboxylic acid groups (broad SMARTS) is 1. The first-order valence-electron chi connectivity index (χ1n) is 19.9. The molecule has 2 aromatic carbocycles. The van der Waals surface area contributed by atoms with Gasteiger partial charge in [-0.3, -0.25) is 9.59 Å². The predicted octanol–water partition coefficient (Wildman–Crippen LogP) is 11.5. The minimum atomic E-state index is -0.727. The molecule has 0 fully saturated rings. The van der Waals surface area contributed by atoms with Crippen LogP contribution in [-0.2, 0) is 25.2 Å². The Morgan fingerprint density at radius 1 is 0.849 bits per heavy atom. The summed E-state index contributed by atoms with van der Waals surface area (Å²) in [6.07, 6.45) is 20.0. The van der Waals surface area contributed by atoms with Gasteiger partial charge in [0.15, 0.2) is 5.71 Å². The number of rotatable bonds is 18. The molecular formula is C46H60ClN2O4+. The summed E-state index contributed by atoms with van der Waals surface area (Å²) in [7, 11) is 0. The Morgan fingerprint density at radius 3 is 2.34 bits per heavy atom. The molecule has 7 heteroatoms. The quantitative estimate of drug-likeness (QED) is 0.0936. The van der Waals surface area contributed by atoms with Crippen molar-refractivity contribution < 1.29 is 24.0 Å². The first-order chi connectivity index (χ1) is 25.5. The lowest BCUT2D eigenvalue weighted by atomic mass is 9.81. The first-order valence-corrected chi connectivity index (χ1v) is 20.3. The average molecular weight is 740 g/mol. The second-order valence-electron chi connectivity index (χ2n) is 15.8. The second-order valence-corrected chi connectivity index (χ2v) is 16.2. The molecule has 2 heterocycles. The number of halogens is 1. The smallest absolute Gasteiger partial charge is 0.305 e. The Balaban J connectivity index is 1.35. The molecule has 2 aliphatic heterocycles. The van der Waals surface area contributed by atoms with Crippen LogP contribution in [0.2, 0.25) is 0 Å². The van der Waals surface area contributed by atoms with Crippen molar-refractivity contribution in [1.82, 2.24) is 0 Å². The lowest BCUT2D eigenvalue weighted by Gasteiger charge is -2.27. The van der Waals surface area contributed by atoms with Crippen molar-refractivity contribution in [3.8, 4) is 0 Å². The van der Waals surface area contributed by atoms with E-state index in [-0.39, 0.29) is 23.2 Å². The van der Waals surface area contributed by atoms with Gasteiger partial charge in [-0.15, -0.1) is 0 Å². The summed E-state index contributed by atoms with van der Waals surface area (Å²) in [5.74, 6) is -0.808. The topological polar surface area (TPSA) is 69.8 Å². The molecule has 0 aromatic heterocycles. The fraction of sp³-hybridized carbons (Fsp3) is 0.500. The van der Waals surface area contributed by atoms with Gasteiger partial charge >= 0.3 is 11.9 Å². The molecule has 0 amide bonds. The van der Waals surface area contributed by atoms with Crippen molar-refractivity contribution in [2.75, 3.05) is 24.6 Å². The number of aliphatic carboxylic acids is 1. The van der Waals surface area contributed by atoms with Crippen LogP contribution in [0.5, 0.6) is 0 Å². The van der Waals surface area contributed by atoms with Crippen LogP contribution in [0, 0.1) is 0 Å². The largest absolute Gasteiger partial charge is 0.481 e. The SMILES string of the molecule is CCCCOC(=O)CCCCCN1/C(=C/C=C2\CCCC(/C=C/C3=[N+](CCCCCC(=O)O)c4ccccc4C3(C)C)=C2Cl)C(C)(C)c2ccccc21. The molecule has 0 atom stereocenters. The number of hydrogen-bond donors (Lipinski definition) is 1. The zero-order valence-electron chi connectivity index (χ0n) is 32.7. The molecule has 0 bridgehead atoms. The van der Waals surface area contributed by atoms with E-state index in [1.807, 2.05) is 0 Å². The van der Waals surface area contributed by atoms with E-state index in [9.17, 15) is 9.59 Å². The Labute approximate surface area is 323 Å². The summed E-state index contributed by atoms with van der Waals surface area (Å²) in [6.45, 7) is 13.6. The van der Waals surface area contributed by atoms with E-state index < -0.39 is 5.97 Å². The molecule has 3 aliphatic rings. The monoisotopic (exact) mass is 739 g/mol. The highest BCUT2D eigenvalue weighted by molar-refractivity contribution is 6.32. The number of carbonyl (C=O) groups excluding carboxylic acids is 1. The molecule has 1 aliphatic carbocycles. The molecule has 5 rings (SSSR count). The number of allylic oxidation sites excluding steroid dienone is 8. The second kappa shape index (κ2) is 18.4. The van der Waals surface area contributed by atoms with E-state index in [0.29, 0.717) is 19.4 Å². The van der Waals surface area contributed by atoms with E-state index in [1.54, 1.807) is 0 Å². The number of anilines is 1. The zero-order valence-corrected chi connectivity index (χ0v) is 33.4. The highest BCUT2D eigenvalue weighted by Crippen LogP contribution is 2.48. The Morgan fingerprint density at radius 2 is 1.57 bits per heavy atom. The highest BCUT2D eigenvalue weighted by Gasteiger charge is 2.44. The van der Waals surface area contributed by atoms with E-state index in [4.69, 9.17) is 21.4 Å². The molecular weight excluding hydrogens is 680 g/mol. The zero-order chi connectivity index (χ0) is 38.0.